The van der Waals surface area contributed by atoms with Crippen LogP contribution >= 0.6 is 0 Å². The van der Waals surface area contributed by atoms with Crippen LogP contribution in [-0.2, 0) is 4.79 Å². The Labute approximate surface area is 73.7 Å². The van der Waals surface area contributed by atoms with Crippen molar-refractivity contribution in [3.8, 4) is 0 Å². The van der Waals surface area contributed by atoms with Gasteiger partial charge in [0, 0.05) is 12.1 Å². The molecule has 0 aromatic rings. The lowest BCUT2D eigenvalue weighted by Crippen LogP contribution is -2.38. The van der Waals surface area contributed by atoms with Crippen molar-refractivity contribution in [2.45, 2.75) is 39.3 Å². The van der Waals surface area contributed by atoms with Gasteiger partial charge >= 0.3 is 0 Å². The minimum atomic E-state index is 0.0891. The van der Waals surface area contributed by atoms with Crippen molar-refractivity contribution in [1.29, 1.82) is 0 Å². The lowest BCUT2D eigenvalue weighted by Gasteiger charge is -2.17. The fourth-order valence-electron chi connectivity index (χ4n) is 1.01. The summed E-state index contributed by atoms with van der Waals surface area (Å²) in [5, 5.41) is 2.95. The highest BCUT2D eigenvalue weighted by atomic mass is 16.2. The summed E-state index contributed by atoms with van der Waals surface area (Å²) in [4.78, 5) is 11.3. The normalized spacial score (nSPS) is 30.1. The van der Waals surface area contributed by atoms with Crippen LogP contribution in [0, 0.1) is 11.8 Å². The molecule has 0 aliphatic heterocycles. The summed E-state index contributed by atoms with van der Waals surface area (Å²) in [6.45, 7) is 6.21. The molecular formula is C9H18N2O. The maximum Gasteiger partial charge on any atom is 0.224 e. The van der Waals surface area contributed by atoms with Gasteiger partial charge in [-0.3, -0.25) is 4.79 Å². The van der Waals surface area contributed by atoms with E-state index in [4.69, 9.17) is 5.73 Å². The molecule has 70 valence electrons. The van der Waals surface area contributed by atoms with Crippen molar-refractivity contribution < 1.29 is 4.79 Å². The number of amides is 1. The predicted molar refractivity (Wildman–Crippen MR) is 48.5 cm³/mol. The number of hydrogen-bond donors (Lipinski definition) is 2. The Morgan fingerprint density at radius 1 is 1.50 bits per heavy atom. The summed E-state index contributed by atoms with van der Waals surface area (Å²) in [6, 6.07) is 0.370. The Bertz CT molecular complexity index is 179. The van der Waals surface area contributed by atoms with E-state index in [1.54, 1.807) is 0 Å². The number of nitrogens with one attached hydrogen (secondary N) is 1. The van der Waals surface area contributed by atoms with Crippen molar-refractivity contribution in [1.82, 2.24) is 5.32 Å². The van der Waals surface area contributed by atoms with Crippen LogP contribution in [0.4, 0.5) is 0 Å². The van der Waals surface area contributed by atoms with Gasteiger partial charge in [-0.05, 0) is 19.3 Å². The maximum atomic E-state index is 11.3. The van der Waals surface area contributed by atoms with Crippen molar-refractivity contribution in [2.24, 2.45) is 17.6 Å². The first kappa shape index (κ1) is 9.52. The van der Waals surface area contributed by atoms with Crippen LogP contribution < -0.4 is 11.1 Å². The van der Waals surface area contributed by atoms with E-state index in [2.05, 4.69) is 19.2 Å². The molecule has 3 N–H and O–H groups in total. The van der Waals surface area contributed by atoms with E-state index in [1.165, 1.54) is 0 Å². The minimum absolute atomic E-state index is 0.0891. The Morgan fingerprint density at radius 3 is 2.33 bits per heavy atom. The van der Waals surface area contributed by atoms with Crippen LogP contribution in [0.3, 0.4) is 0 Å². The molecule has 1 rings (SSSR count). The van der Waals surface area contributed by atoms with Gasteiger partial charge in [-0.25, -0.2) is 0 Å². The van der Waals surface area contributed by atoms with Crippen LogP contribution in [0.5, 0.6) is 0 Å². The molecule has 0 saturated heterocycles. The van der Waals surface area contributed by atoms with Crippen LogP contribution in [0.15, 0.2) is 0 Å². The van der Waals surface area contributed by atoms with Gasteiger partial charge < -0.3 is 11.1 Å². The van der Waals surface area contributed by atoms with Gasteiger partial charge in [0.25, 0.3) is 0 Å². The monoisotopic (exact) mass is 170 g/mol. The highest BCUT2D eigenvalue weighted by Gasteiger charge is 2.40. The third-order valence-electron chi connectivity index (χ3n) is 2.55. The largest absolute Gasteiger partial charge is 0.353 e. The van der Waals surface area contributed by atoms with E-state index in [0.717, 1.165) is 6.42 Å². The highest BCUT2D eigenvalue weighted by molar-refractivity contribution is 5.82. The summed E-state index contributed by atoms with van der Waals surface area (Å²) in [5.41, 5.74) is 5.56. The fourth-order valence-corrected chi connectivity index (χ4v) is 1.01. The molecule has 12 heavy (non-hydrogen) atoms. The molecule has 0 aromatic heterocycles. The third kappa shape index (κ3) is 2.21. The molecule has 1 saturated carbocycles. The van der Waals surface area contributed by atoms with E-state index < -0.39 is 0 Å². The molecule has 1 fully saturated rings. The van der Waals surface area contributed by atoms with E-state index in [0.29, 0.717) is 5.92 Å². The quantitative estimate of drug-likeness (QED) is 0.648. The van der Waals surface area contributed by atoms with Gasteiger partial charge in [-0.2, -0.15) is 0 Å². The molecule has 0 bridgehead atoms. The maximum absolute atomic E-state index is 11.3. The molecule has 3 nitrogen and oxygen atoms in total. The zero-order valence-corrected chi connectivity index (χ0v) is 8.00. The second-order valence-electron chi connectivity index (χ2n) is 4.05. The van der Waals surface area contributed by atoms with Crippen molar-refractivity contribution >= 4 is 5.91 Å². The summed E-state index contributed by atoms with van der Waals surface area (Å²) in [6.07, 6.45) is 0.858. The van der Waals surface area contributed by atoms with Gasteiger partial charge in [-0.1, -0.05) is 13.8 Å². The summed E-state index contributed by atoms with van der Waals surface area (Å²) in [5.74, 6) is 0.707. The van der Waals surface area contributed by atoms with Crippen molar-refractivity contribution in [3.05, 3.63) is 0 Å². The van der Waals surface area contributed by atoms with E-state index in [-0.39, 0.29) is 23.9 Å². The average molecular weight is 170 g/mol. The van der Waals surface area contributed by atoms with Crippen molar-refractivity contribution in [3.63, 3.8) is 0 Å². The third-order valence-corrected chi connectivity index (χ3v) is 2.55. The summed E-state index contributed by atoms with van der Waals surface area (Å²) in [7, 11) is 0. The number of carbonyl (C=O) groups excluding carboxylic acids is 1. The summed E-state index contributed by atoms with van der Waals surface area (Å²) >= 11 is 0. The number of hydrogen-bond acceptors (Lipinski definition) is 2. The van der Waals surface area contributed by atoms with Gasteiger partial charge in [0.2, 0.25) is 5.91 Å². The Hall–Kier alpha value is -0.570. The zero-order chi connectivity index (χ0) is 9.30. The predicted octanol–water partition coefficient (Wildman–Crippen LogP) is 0.494. The molecule has 1 amide bonds. The standard InChI is InChI=1S/C9H18N2O/c1-5(2)6(3)11-9(12)7-4-8(7)10/h5-8H,4,10H2,1-3H3,(H,11,12). The SMILES string of the molecule is CC(C)C(C)NC(=O)C1CC1N. The zero-order valence-electron chi connectivity index (χ0n) is 8.00. The fraction of sp³-hybridized carbons (Fsp3) is 0.889. The van der Waals surface area contributed by atoms with E-state index >= 15 is 0 Å². The number of carbonyl (C=O) groups is 1. The Balaban J connectivity index is 2.27. The molecule has 0 aromatic carbocycles. The Kier molecular flexibility index (Phi) is 2.73. The molecule has 3 atom stereocenters. The lowest BCUT2D eigenvalue weighted by molar-refractivity contribution is -0.123. The second kappa shape index (κ2) is 3.44. The molecule has 3 heteroatoms. The van der Waals surface area contributed by atoms with Crippen LogP contribution in [0.1, 0.15) is 27.2 Å². The Morgan fingerprint density at radius 2 is 2.00 bits per heavy atom. The van der Waals surface area contributed by atoms with E-state index in [1.807, 2.05) is 6.92 Å². The highest BCUT2D eigenvalue weighted by Crippen LogP contribution is 2.27. The first-order valence-corrected chi connectivity index (χ1v) is 4.58. The molecular weight excluding hydrogens is 152 g/mol. The molecule has 0 radical (unpaired) electrons. The lowest BCUT2D eigenvalue weighted by atomic mass is 10.1. The molecule has 0 spiro atoms. The first-order chi connectivity index (χ1) is 5.52. The topological polar surface area (TPSA) is 55.1 Å². The van der Waals surface area contributed by atoms with Crippen LogP contribution in [0.25, 0.3) is 0 Å². The second-order valence-corrected chi connectivity index (χ2v) is 4.05. The molecule has 1 aliphatic carbocycles. The van der Waals surface area contributed by atoms with Gasteiger partial charge in [0.15, 0.2) is 0 Å². The molecule has 1 aliphatic rings. The van der Waals surface area contributed by atoms with E-state index in [9.17, 15) is 4.79 Å². The molecule has 0 heterocycles. The van der Waals surface area contributed by atoms with Gasteiger partial charge in [0.1, 0.15) is 0 Å². The van der Waals surface area contributed by atoms with Crippen molar-refractivity contribution in [2.75, 3.05) is 0 Å². The molecule has 3 unspecified atom stereocenters. The summed E-state index contributed by atoms with van der Waals surface area (Å²) < 4.78 is 0. The van der Waals surface area contributed by atoms with Crippen LogP contribution in [0.2, 0.25) is 0 Å². The van der Waals surface area contributed by atoms with Gasteiger partial charge in [0.05, 0.1) is 5.92 Å². The smallest absolute Gasteiger partial charge is 0.224 e. The first-order valence-electron chi connectivity index (χ1n) is 4.58. The minimum Gasteiger partial charge on any atom is -0.353 e. The number of nitrogens with two attached hydrogens (primary N) is 1. The van der Waals surface area contributed by atoms with Gasteiger partial charge in [-0.15, -0.1) is 0 Å². The van der Waals surface area contributed by atoms with Crippen LogP contribution in [-0.4, -0.2) is 18.0 Å². The average Bonchev–Trinajstić information content (AvgIpc) is 2.66. The number of rotatable bonds is 3.